The number of nitrogens with zero attached hydrogens (tertiary/aromatic N) is 8. The molecule has 9 nitrogen and oxygen atoms in total. The van der Waals surface area contributed by atoms with Crippen molar-refractivity contribution < 1.29 is 23.7 Å². The van der Waals surface area contributed by atoms with E-state index in [0.29, 0.717) is 45.9 Å². The summed E-state index contributed by atoms with van der Waals surface area (Å²) < 4.78 is 8.25. The SMILES string of the molecule is CCCCCCCSc1cc2c(cc1SCCCCCCC)-c1nc-2nc2[n-]c(nc3nc(nc4[n-]c(n1)c1cc(SCCCCCCC)c(SCCCCCCC)cc41)-c1cc(SCCCCCCC)c(SCCCCCCC)cc1-3)c1cc(SCCCCCCC)c(SCCCCCCC)cc21.[O]=[Ti+2]. The summed E-state index contributed by atoms with van der Waals surface area (Å²) in [5, 5.41) is 4.04. The molecule has 0 N–H and O–H groups in total. The molecule has 4 aromatic carbocycles. The average molecular weight is 1620 g/mol. The average Bonchev–Trinajstić information content (AvgIpc) is 1.59. The van der Waals surface area contributed by atoms with E-state index in [2.05, 4.69) is 104 Å². The molecule has 0 saturated heterocycles. The molecule has 0 fully saturated rings. The van der Waals surface area contributed by atoms with Crippen molar-refractivity contribution in [1.29, 1.82) is 0 Å². The predicted octanol–water partition coefficient (Wildman–Crippen LogP) is 30.5. The van der Waals surface area contributed by atoms with Gasteiger partial charge in [-0.1, -0.05) is 261 Å². The normalized spacial score (nSPS) is 11.9. The molecule has 2 aliphatic rings. The first-order valence-corrected chi connectivity index (χ1v) is 50.5. The van der Waals surface area contributed by atoms with Crippen molar-refractivity contribution >= 4 is 138 Å². The van der Waals surface area contributed by atoms with E-state index >= 15 is 0 Å². The Kier molecular flexibility index (Phi) is 44.4. The van der Waals surface area contributed by atoms with Crippen LogP contribution in [0.4, 0.5) is 0 Å². The van der Waals surface area contributed by atoms with Gasteiger partial charge in [-0.25, -0.2) is 9.97 Å². The maximum atomic E-state index is 8.25. The fourth-order valence-electron chi connectivity index (χ4n) is 13.7. The number of unbranched alkanes of at least 4 members (excludes halogenated alkanes) is 32. The first-order chi connectivity index (χ1) is 52.3. The Morgan fingerprint density at radius 1 is 0.217 bits per heavy atom. The van der Waals surface area contributed by atoms with Crippen molar-refractivity contribution in [3.63, 3.8) is 0 Å². The Hall–Kier alpha value is -2.45. The van der Waals surface area contributed by atoms with Crippen LogP contribution in [0.5, 0.6) is 0 Å². The summed E-state index contributed by atoms with van der Waals surface area (Å²) >= 11 is 16.9. The van der Waals surface area contributed by atoms with E-state index in [4.69, 9.17) is 43.2 Å². The van der Waals surface area contributed by atoms with Gasteiger partial charge in [0.1, 0.15) is 0 Å². The zero-order valence-corrected chi connectivity index (χ0v) is 74.4. The summed E-state index contributed by atoms with van der Waals surface area (Å²) in [6.07, 6.45) is 50.4. The van der Waals surface area contributed by atoms with Crippen molar-refractivity contribution in [3.05, 3.63) is 48.5 Å². The van der Waals surface area contributed by atoms with Gasteiger partial charge >= 0.3 is 23.7 Å². The van der Waals surface area contributed by atoms with E-state index < -0.39 is 0 Å². The van der Waals surface area contributed by atoms with Crippen molar-refractivity contribution in [2.45, 2.75) is 351 Å². The summed E-state index contributed by atoms with van der Waals surface area (Å²) in [6.45, 7) is 18.5. The van der Waals surface area contributed by atoms with Crippen LogP contribution in [0.15, 0.2) is 87.7 Å². The second-order valence-electron chi connectivity index (χ2n) is 29.0. The van der Waals surface area contributed by atoms with Gasteiger partial charge in [-0.3, -0.25) is 0 Å². The predicted molar refractivity (Wildman–Crippen MR) is 471 cm³/mol. The third-order valence-corrected chi connectivity index (χ3v) is 29.7. The summed E-state index contributed by atoms with van der Waals surface area (Å²) in [4.78, 5) is 56.4. The number of fused-ring (bicyclic) bond motifs is 20. The molecule has 5 heterocycles. The minimum absolute atomic E-state index is 0.650. The Bertz CT molecular complexity index is 3400. The van der Waals surface area contributed by atoms with Gasteiger partial charge in [0, 0.05) is 84.0 Å². The minimum atomic E-state index is 0.650. The molecule has 0 amide bonds. The van der Waals surface area contributed by atoms with E-state index in [1.807, 2.05) is 94.1 Å². The fourth-order valence-corrected chi connectivity index (χ4v) is 22.9. The van der Waals surface area contributed by atoms with Crippen LogP contribution in [0.1, 0.15) is 312 Å². The van der Waals surface area contributed by atoms with Crippen LogP contribution in [-0.4, -0.2) is 75.9 Å². The topological polar surface area (TPSA) is 123 Å². The quantitative estimate of drug-likeness (QED) is 0.0204. The first-order valence-electron chi connectivity index (χ1n) is 42.0. The molecule has 0 aliphatic carbocycles. The second-order valence-corrected chi connectivity index (χ2v) is 38.1. The standard InChI is InChI=1S/C88H128N8S8.O.Ti/c1-9-17-25-33-41-49-97-73-57-65-66(58-74(73)98-50-42-34-26-18-10-2)82-89-81(65)93-83-67-59-75(99-51-43-35-27-19-11-3)76(100-52-44-36-28-20-12-4)60-68(67)85(90-83)95-87-71-63-79(103-55-47-39-31-23-15-7)80(104-56-48-40-32-24-16-8)64-72(71)88(92-87)96-86-70-62-78(102-54-46-38-30-22-14-6)77(61-69(70)84(91-86)94-82)101-53-45-37-29-21-13-5;;/h57-64H,9-56H2,1-8H3;;/q-2;;+2. The zero-order valence-electron chi connectivity index (χ0n) is 66.3. The summed E-state index contributed by atoms with van der Waals surface area (Å²) in [5.74, 6) is 11.2. The monoisotopic (exact) mass is 1620 g/mol. The van der Waals surface area contributed by atoms with Crippen LogP contribution in [0.2, 0.25) is 0 Å². The van der Waals surface area contributed by atoms with Gasteiger partial charge in [0.05, 0.1) is 23.3 Å². The molecule has 578 valence electrons. The Balaban J connectivity index is 0.00000703. The molecule has 0 atom stereocenters. The number of aromatic nitrogens is 8. The maximum absolute atomic E-state index is 8.25. The molecular weight excluding hydrogens is 1490 g/mol. The summed E-state index contributed by atoms with van der Waals surface area (Å²) in [6, 6.07) is 19.4. The first kappa shape index (κ1) is 89.1. The van der Waals surface area contributed by atoms with Gasteiger partial charge in [-0.05, 0) is 167 Å². The number of thioether (sulfide) groups is 8. The van der Waals surface area contributed by atoms with Gasteiger partial charge < -0.3 is 29.9 Å². The Morgan fingerprint density at radius 2 is 0.368 bits per heavy atom. The van der Waals surface area contributed by atoms with Crippen molar-refractivity contribution in [3.8, 4) is 45.6 Å². The van der Waals surface area contributed by atoms with E-state index in [-0.39, 0.29) is 0 Å². The number of hydrogen-bond acceptors (Lipinski definition) is 15. The number of rotatable bonds is 56. The summed E-state index contributed by atoms with van der Waals surface area (Å²) in [5.41, 5.74) is 6.64. The van der Waals surface area contributed by atoms with Gasteiger partial charge in [0.2, 0.25) is 0 Å². The van der Waals surface area contributed by atoms with Crippen LogP contribution in [0.25, 0.3) is 89.7 Å². The molecule has 7 aromatic rings. The van der Waals surface area contributed by atoms with Crippen LogP contribution < -0.4 is 9.97 Å². The van der Waals surface area contributed by atoms with E-state index in [1.165, 1.54) is 296 Å². The molecule has 3 aromatic heterocycles. The third kappa shape index (κ3) is 28.6. The van der Waals surface area contributed by atoms with Crippen LogP contribution in [-0.2, 0) is 23.7 Å². The van der Waals surface area contributed by atoms with Crippen LogP contribution in [0, 0.1) is 0 Å². The summed E-state index contributed by atoms with van der Waals surface area (Å²) in [7, 11) is 0. The number of hydrogen-bond donors (Lipinski definition) is 0. The van der Waals surface area contributed by atoms with Gasteiger partial charge in [0.25, 0.3) is 0 Å². The van der Waals surface area contributed by atoms with E-state index in [0.717, 1.165) is 110 Å². The van der Waals surface area contributed by atoms with Crippen molar-refractivity contribution in [2.24, 2.45) is 0 Å². The van der Waals surface area contributed by atoms with Crippen LogP contribution >= 0.6 is 94.1 Å². The van der Waals surface area contributed by atoms with Gasteiger partial charge in [0.15, 0.2) is 0 Å². The Labute approximate surface area is 687 Å². The zero-order chi connectivity index (χ0) is 74.8. The van der Waals surface area contributed by atoms with Gasteiger partial charge in [-0.2, -0.15) is 0 Å². The molecule has 2 aliphatic heterocycles. The molecule has 106 heavy (non-hydrogen) atoms. The molecule has 9 rings (SSSR count). The molecule has 18 heteroatoms. The molecule has 8 bridgehead atoms. The second kappa shape index (κ2) is 52.8. The Morgan fingerprint density at radius 3 is 0.528 bits per heavy atom. The van der Waals surface area contributed by atoms with Gasteiger partial charge in [-0.15, -0.1) is 94.1 Å². The molecule has 0 unspecified atom stereocenters. The third-order valence-electron chi connectivity index (χ3n) is 20.0. The fraction of sp³-hybridized carbons (Fsp3) is 0.636. The molecule has 0 radical (unpaired) electrons. The van der Waals surface area contributed by atoms with E-state index in [1.54, 1.807) is 0 Å². The van der Waals surface area contributed by atoms with E-state index in [9.17, 15) is 0 Å². The van der Waals surface area contributed by atoms with Crippen molar-refractivity contribution in [1.82, 2.24) is 39.9 Å². The molecule has 0 spiro atoms. The van der Waals surface area contributed by atoms with Crippen LogP contribution in [0.3, 0.4) is 0 Å². The van der Waals surface area contributed by atoms with Crippen molar-refractivity contribution in [2.75, 3.05) is 46.0 Å². The molecular formula is C88H128N8OS8Ti. The molecule has 0 saturated carbocycles. The number of benzene rings is 4.